The summed E-state index contributed by atoms with van der Waals surface area (Å²) >= 11 is 5.35. The van der Waals surface area contributed by atoms with Gasteiger partial charge in [0.05, 0.1) is 7.11 Å². The van der Waals surface area contributed by atoms with E-state index in [1.54, 1.807) is 0 Å². The molecule has 1 aromatic heterocycles. The van der Waals surface area contributed by atoms with Crippen LogP contribution in [-0.2, 0) is 5.88 Å². The minimum Gasteiger partial charge on any atom is -0.465 e. The highest BCUT2D eigenvalue weighted by Crippen LogP contribution is 2.05. The second-order valence-corrected chi connectivity index (χ2v) is 1.58. The van der Waals surface area contributed by atoms with Crippen molar-refractivity contribution in [2.24, 2.45) is 0 Å². The van der Waals surface area contributed by atoms with Crippen molar-refractivity contribution in [3.05, 3.63) is 5.89 Å². The van der Waals surface area contributed by atoms with Gasteiger partial charge in [-0.3, -0.25) is 0 Å². The Bertz CT molecular complexity index is 170. The van der Waals surface area contributed by atoms with E-state index in [-0.39, 0.29) is 11.9 Å². The summed E-state index contributed by atoms with van der Waals surface area (Å²) in [5.74, 6) is 0.588. The molecule has 0 unspecified atom stereocenters. The monoisotopic (exact) mass is 148 g/mol. The lowest BCUT2D eigenvalue weighted by Gasteiger charge is -1.81. The van der Waals surface area contributed by atoms with Crippen LogP contribution in [0.4, 0.5) is 0 Å². The third-order valence-corrected chi connectivity index (χ3v) is 0.975. The minimum absolute atomic E-state index is 0.214. The number of hydrogen-bond donors (Lipinski definition) is 0. The molecule has 0 spiro atoms. The highest BCUT2D eigenvalue weighted by atomic mass is 35.5. The molecule has 0 saturated carbocycles. The molecule has 50 valence electrons. The van der Waals surface area contributed by atoms with Crippen molar-refractivity contribution in [2.45, 2.75) is 5.88 Å². The number of aromatic nitrogens is 2. The van der Waals surface area contributed by atoms with E-state index in [0.29, 0.717) is 5.89 Å². The van der Waals surface area contributed by atoms with E-state index in [4.69, 9.17) is 11.6 Å². The molecular weight excluding hydrogens is 144 g/mol. The lowest BCUT2D eigenvalue weighted by atomic mass is 10.8. The molecule has 1 rings (SSSR count). The van der Waals surface area contributed by atoms with Crippen LogP contribution in [0.25, 0.3) is 0 Å². The van der Waals surface area contributed by atoms with Crippen molar-refractivity contribution in [2.75, 3.05) is 7.11 Å². The SMILES string of the molecule is COc1noc(CCl)n1. The molecule has 0 N–H and O–H groups in total. The maximum absolute atomic E-state index is 5.35. The Balaban J connectivity index is 2.74. The van der Waals surface area contributed by atoms with E-state index in [1.165, 1.54) is 7.11 Å². The molecule has 9 heavy (non-hydrogen) atoms. The quantitative estimate of drug-likeness (QED) is 0.583. The van der Waals surface area contributed by atoms with Crippen molar-refractivity contribution in [3.63, 3.8) is 0 Å². The molecule has 1 heterocycles. The fourth-order valence-corrected chi connectivity index (χ4v) is 0.485. The molecule has 0 radical (unpaired) electrons. The Morgan fingerprint density at radius 1 is 1.78 bits per heavy atom. The molecule has 5 heteroatoms. The van der Waals surface area contributed by atoms with Gasteiger partial charge in [0.2, 0.25) is 5.89 Å². The number of hydrogen-bond acceptors (Lipinski definition) is 4. The first-order chi connectivity index (χ1) is 4.36. The van der Waals surface area contributed by atoms with Crippen molar-refractivity contribution in [1.29, 1.82) is 0 Å². The van der Waals surface area contributed by atoms with Crippen LogP contribution in [-0.4, -0.2) is 17.3 Å². The molecule has 0 aliphatic carbocycles. The lowest BCUT2D eigenvalue weighted by molar-refractivity contribution is 0.329. The first kappa shape index (κ1) is 6.35. The standard InChI is InChI=1S/C4H5ClN2O2/c1-8-4-6-3(2-5)9-7-4/h2H2,1H3. The predicted molar refractivity (Wildman–Crippen MR) is 30.4 cm³/mol. The van der Waals surface area contributed by atoms with Gasteiger partial charge in [-0.25, -0.2) is 0 Å². The molecule has 0 atom stereocenters. The molecule has 0 fully saturated rings. The Labute approximate surface area is 56.8 Å². The average Bonchev–Trinajstić information content (AvgIpc) is 2.34. The largest absolute Gasteiger partial charge is 0.465 e. The number of halogens is 1. The third kappa shape index (κ3) is 1.32. The number of rotatable bonds is 2. The molecule has 4 nitrogen and oxygen atoms in total. The number of alkyl halides is 1. The Kier molecular flexibility index (Phi) is 1.89. The molecule has 0 aliphatic heterocycles. The lowest BCUT2D eigenvalue weighted by Crippen LogP contribution is -1.83. The highest BCUT2D eigenvalue weighted by molar-refractivity contribution is 6.16. The summed E-state index contributed by atoms with van der Waals surface area (Å²) < 4.78 is 9.21. The topological polar surface area (TPSA) is 48.2 Å². The first-order valence-corrected chi connectivity index (χ1v) is 2.83. The van der Waals surface area contributed by atoms with Gasteiger partial charge in [-0.05, 0) is 5.16 Å². The van der Waals surface area contributed by atoms with Crippen LogP contribution >= 0.6 is 11.6 Å². The Hall–Kier alpha value is -0.770. The summed E-state index contributed by atoms with van der Waals surface area (Å²) in [5, 5.41) is 3.41. The number of methoxy groups -OCH3 is 1. The molecule has 0 aliphatic rings. The fourth-order valence-electron chi connectivity index (χ4n) is 0.376. The maximum Gasteiger partial charge on any atom is 0.354 e. The van der Waals surface area contributed by atoms with E-state index in [2.05, 4.69) is 19.4 Å². The molecule has 1 aromatic rings. The van der Waals surface area contributed by atoms with Gasteiger partial charge in [-0.15, -0.1) is 11.6 Å². The number of nitrogens with zero attached hydrogens (tertiary/aromatic N) is 2. The van der Waals surface area contributed by atoms with E-state index >= 15 is 0 Å². The van der Waals surface area contributed by atoms with Gasteiger partial charge in [-0.2, -0.15) is 4.98 Å². The van der Waals surface area contributed by atoms with Crippen LogP contribution in [0.1, 0.15) is 5.89 Å². The van der Waals surface area contributed by atoms with E-state index in [9.17, 15) is 0 Å². The van der Waals surface area contributed by atoms with Crippen LogP contribution in [0.5, 0.6) is 6.01 Å². The van der Waals surface area contributed by atoms with Crippen LogP contribution in [0.2, 0.25) is 0 Å². The summed E-state index contributed by atoms with van der Waals surface area (Å²) in [6.45, 7) is 0. The Morgan fingerprint density at radius 3 is 2.89 bits per heavy atom. The van der Waals surface area contributed by atoms with Gasteiger partial charge < -0.3 is 9.26 Å². The van der Waals surface area contributed by atoms with Crippen molar-refractivity contribution in [3.8, 4) is 6.01 Å². The second kappa shape index (κ2) is 2.68. The fraction of sp³-hybridized carbons (Fsp3) is 0.500. The highest BCUT2D eigenvalue weighted by Gasteiger charge is 2.01. The van der Waals surface area contributed by atoms with Gasteiger partial charge in [0, 0.05) is 0 Å². The molecule has 0 saturated heterocycles. The summed E-state index contributed by atoms with van der Waals surface area (Å²) in [7, 11) is 1.46. The van der Waals surface area contributed by atoms with Crippen molar-refractivity contribution in [1.82, 2.24) is 10.1 Å². The third-order valence-electron chi connectivity index (χ3n) is 0.746. The van der Waals surface area contributed by atoms with Crippen LogP contribution in [0.15, 0.2) is 4.52 Å². The minimum atomic E-state index is 0.214. The summed E-state index contributed by atoms with van der Waals surface area (Å²) in [5.41, 5.74) is 0. The molecule has 0 bridgehead atoms. The molecule has 0 amide bonds. The average molecular weight is 149 g/mol. The first-order valence-electron chi connectivity index (χ1n) is 2.29. The van der Waals surface area contributed by atoms with Crippen LogP contribution in [0.3, 0.4) is 0 Å². The van der Waals surface area contributed by atoms with Crippen molar-refractivity contribution < 1.29 is 9.26 Å². The van der Waals surface area contributed by atoms with Gasteiger partial charge in [0.25, 0.3) is 0 Å². The second-order valence-electron chi connectivity index (χ2n) is 1.31. The van der Waals surface area contributed by atoms with E-state index in [1.807, 2.05) is 0 Å². The summed E-state index contributed by atoms with van der Waals surface area (Å²) in [4.78, 5) is 3.72. The summed E-state index contributed by atoms with van der Waals surface area (Å²) in [6, 6.07) is 0.214. The van der Waals surface area contributed by atoms with Gasteiger partial charge in [-0.1, -0.05) is 0 Å². The zero-order valence-electron chi connectivity index (χ0n) is 4.80. The van der Waals surface area contributed by atoms with Gasteiger partial charge in [0.1, 0.15) is 5.88 Å². The normalized spacial score (nSPS) is 9.56. The van der Waals surface area contributed by atoms with Crippen LogP contribution < -0.4 is 4.74 Å². The molecule has 0 aromatic carbocycles. The van der Waals surface area contributed by atoms with E-state index < -0.39 is 0 Å². The van der Waals surface area contributed by atoms with Crippen molar-refractivity contribution >= 4 is 11.6 Å². The van der Waals surface area contributed by atoms with E-state index in [0.717, 1.165) is 0 Å². The smallest absolute Gasteiger partial charge is 0.354 e. The van der Waals surface area contributed by atoms with Gasteiger partial charge in [0.15, 0.2) is 0 Å². The number of ether oxygens (including phenoxy) is 1. The van der Waals surface area contributed by atoms with Crippen LogP contribution in [0, 0.1) is 0 Å². The maximum atomic E-state index is 5.35. The Morgan fingerprint density at radius 2 is 2.56 bits per heavy atom. The zero-order valence-corrected chi connectivity index (χ0v) is 5.55. The summed E-state index contributed by atoms with van der Waals surface area (Å²) in [6.07, 6.45) is 0. The predicted octanol–water partition coefficient (Wildman–Crippen LogP) is 0.817. The van der Waals surface area contributed by atoms with Gasteiger partial charge >= 0.3 is 6.01 Å². The molecular formula is C4H5ClN2O2. The zero-order chi connectivity index (χ0) is 6.69.